The minimum Gasteiger partial charge on any atom is -0.376 e. The molecule has 1 aromatic carbocycles. The molecule has 0 saturated carbocycles. The summed E-state index contributed by atoms with van der Waals surface area (Å²) in [5.41, 5.74) is 0.850. The summed E-state index contributed by atoms with van der Waals surface area (Å²) in [5.74, 6) is -0.290. The monoisotopic (exact) mass is 336 g/mol. The highest BCUT2D eigenvalue weighted by molar-refractivity contribution is 5.75. The van der Waals surface area contributed by atoms with Crippen molar-refractivity contribution in [3.63, 3.8) is 0 Å². The number of carbonyl (C=O) groups is 1. The molecule has 2 heterocycles. The fraction of sp³-hybridized carbons (Fsp3) is 0.611. The standard InChI is InChI=1S/C18H25FN2O3/c1-12(15-4-2-10-23-15)20-18(22)21-17(16-5-3-11-24-16)13-6-8-14(19)9-7-13/h6-9,12,15-17H,2-5,10-11H2,1H3,(H2,20,21,22)/t12-,15-,16-,17+/m0/s1. The van der Waals surface area contributed by atoms with Crippen molar-refractivity contribution in [2.45, 2.75) is 56.9 Å². The maximum atomic E-state index is 13.2. The van der Waals surface area contributed by atoms with Crippen molar-refractivity contribution in [1.29, 1.82) is 0 Å². The average Bonchev–Trinajstić information content (AvgIpc) is 3.27. The van der Waals surface area contributed by atoms with Crippen molar-refractivity contribution in [3.8, 4) is 0 Å². The number of hydrogen-bond donors (Lipinski definition) is 2. The Morgan fingerprint density at radius 1 is 1.08 bits per heavy atom. The summed E-state index contributed by atoms with van der Waals surface area (Å²) in [5, 5.41) is 5.95. The van der Waals surface area contributed by atoms with Crippen molar-refractivity contribution >= 4 is 6.03 Å². The SMILES string of the molecule is C[C@H](NC(=O)N[C@H](c1ccc(F)cc1)[C@@H]1CCCO1)[C@@H]1CCCO1. The van der Waals surface area contributed by atoms with Crippen LogP contribution in [0.25, 0.3) is 0 Å². The smallest absolute Gasteiger partial charge is 0.315 e. The zero-order valence-electron chi connectivity index (χ0n) is 14.0. The lowest BCUT2D eigenvalue weighted by Crippen LogP contribution is -2.48. The minimum atomic E-state index is -0.290. The zero-order valence-corrected chi connectivity index (χ0v) is 14.0. The number of rotatable bonds is 5. The average molecular weight is 336 g/mol. The van der Waals surface area contributed by atoms with E-state index in [0.29, 0.717) is 6.61 Å². The maximum Gasteiger partial charge on any atom is 0.315 e. The number of amides is 2. The van der Waals surface area contributed by atoms with Gasteiger partial charge in [0.15, 0.2) is 0 Å². The van der Waals surface area contributed by atoms with Crippen molar-refractivity contribution < 1.29 is 18.7 Å². The van der Waals surface area contributed by atoms with Crippen LogP contribution in [0, 0.1) is 5.82 Å². The van der Waals surface area contributed by atoms with Gasteiger partial charge in [-0.3, -0.25) is 0 Å². The molecule has 2 fully saturated rings. The molecule has 0 radical (unpaired) electrons. The Bertz CT molecular complexity index is 540. The highest BCUT2D eigenvalue weighted by Crippen LogP contribution is 2.27. The van der Waals surface area contributed by atoms with Crippen LogP contribution in [0.15, 0.2) is 24.3 Å². The van der Waals surface area contributed by atoms with E-state index in [0.717, 1.165) is 37.9 Å². The van der Waals surface area contributed by atoms with Gasteiger partial charge in [0, 0.05) is 13.2 Å². The Labute approximate surface area is 141 Å². The predicted molar refractivity (Wildman–Crippen MR) is 88.2 cm³/mol. The van der Waals surface area contributed by atoms with Gasteiger partial charge in [0.1, 0.15) is 5.82 Å². The molecule has 2 aliphatic rings. The molecule has 0 aromatic heterocycles. The molecule has 2 amide bonds. The highest BCUT2D eigenvalue weighted by Gasteiger charge is 2.30. The van der Waals surface area contributed by atoms with Gasteiger partial charge >= 0.3 is 6.03 Å². The Kier molecular flexibility index (Phi) is 5.68. The fourth-order valence-electron chi connectivity index (χ4n) is 3.41. The Morgan fingerprint density at radius 3 is 2.29 bits per heavy atom. The number of hydrogen-bond acceptors (Lipinski definition) is 3. The molecule has 2 saturated heterocycles. The van der Waals surface area contributed by atoms with E-state index in [4.69, 9.17) is 9.47 Å². The molecule has 6 heteroatoms. The van der Waals surface area contributed by atoms with Gasteiger partial charge in [-0.05, 0) is 50.3 Å². The van der Waals surface area contributed by atoms with Crippen molar-refractivity contribution in [2.75, 3.05) is 13.2 Å². The summed E-state index contributed by atoms with van der Waals surface area (Å²) in [4.78, 5) is 12.4. The zero-order chi connectivity index (χ0) is 16.9. The van der Waals surface area contributed by atoms with Gasteiger partial charge in [-0.2, -0.15) is 0 Å². The van der Waals surface area contributed by atoms with Crippen LogP contribution in [0.1, 0.15) is 44.2 Å². The first-order chi connectivity index (χ1) is 11.6. The van der Waals surface area contributed by atoms with E-state index in [1.165, 1.54) is 12.1 Å². The lowest BCUT2D eigenvalue weighted by atomic mass is 9.99. The first-order valence-electron chi connectivity index (χ1n) is 8.69. The summed E-state index contributed by atoms with van der Waals surface area (Å²) < 4.78 is 24.5. The quantitative estimate of drug-likeness (QED) is 0.869. The second kappa shape index (κ2) is 7.94. The molecule has 0 spiro atoms. The molecule has 4 atom stereocenters. The minimum absolute atomic E-state index is 0.0501. The van der Waals surface area contributed by atoms with Gasteiger partial charge in [0.2, 0.25) is 0 Å². The van der Waals surface area contributed by atoms with Gasteiger partial charge in [-0.25, -0.2) is 9.18 Å². The van der Waals surface area contributed by atoms with Gasteiger partial charge in [-0.1, -0.05) is 12.1 Å². The first kappa shape index (κ1) is 17.2. The van der Waals surface area contributed by atoms with Crippen molar-refractivity contribution in [1.82, 2.24) is 10.6 Å². The first-order valence-corrected chi connectivity index (χ1v) is 8.69. The summed E-state index contributed by atoms with van der Waals surface area (Å²) in [6.07, 6.45) is 3.84. The molecule has 5 nitrogen and oxygen atoms in total. The molecule has 132 valence electrons. The van der Waals surface area contributed by atoms with Gasteiger partial charge in [0.25, 0.3) is 0 Å². The van der Waals surface area contributed by atoms with E-state index < -0.39 is 0 Å². The van der Waals surface area contributed by atoms with Gasteiger partial charge in [0.05, 0.1) is 24.3 Å². The third-order valence-corrected chi connectivity index (χ3v) is 4.73. The van der Waals surface area contributed by atoms with E-state index in [2.05, 4.69) is 10.6 Å². The van der Waals surface area contributed by atoms with Crippen LogP contribution in [-0.4, -0.2) is 37.5 Å². The number of benzene rings is 1. The van der Waals surface area contributed by atoms with E-state index in [-0.39, 0.29) is 36.1 Å². The summed E-state index contributed by atoms with van der Waals surface area (Å²) in [6, 6.07) is 5.63. The molecular formula is C18H25FN2O3. The molecule has 0 aliphatic carbocycles. The molecular weight excluding hydrogens is 311 g/mol. The Morgan fingerprint density at radius 2 is 1.71 bits per heavy atom. The molecule has 2 aliphatic heterocycles. The third-order valence-electron chi connectivity index (χ3n) is 4.73. The van der Waals surface area contributed by atoms with Gasteiger partial charge in [-0.15, -0.1) is 0 Å². The number of ether oxygens (including phenoxy) is 2. The summed E-state index contributed by atoms with van der Waals surface area (Å²) >= 11 is 0. The van der Waals surface area contributed by atoms with Crippen LogP contribution < -0.4 is 10.6 Å². The molecule has 0 bridgehead atoms. The fourth-order valence-corrected chi connectivity index (χ4v) is 3.41. The molecule has 2 N–H and O–H groups in total. The van der Waals surface area contributed by atoms with Crippen LogP contribution in [0.3, 0.4) is 0 Å². The molecule has 1 aromatic rings. The lowest BCUT2D eigenvalue weighted by Gasteiger charge is -2.27. The Balaban J connectivity index is 1.64. The van der Waals surface area contributed by atoms with Crippen LogP contribution in [0.4, 0.5) is 9.18 Å². The number of carbonyl (C=O) groups excluding carboxylic acids is 1. The van der Waals surface area contributed by atoms with Crippen molar-refractivity contribution in [3.05, 3.63) is 35.6 Å². The second-order valence-electron chi connectivity index (χ2n) is 6.54. The van der Waals surface area contributed by atoms with E-state index in [9.17, 15) is 9.18 Å². The second-order valence-corrected chi connectivity index (χ2v) is 6.54. The number of nitrogens with one attached hydrogen (secondary N) is 2. The normalized spacial score (nSPS) is 26.1. The summed E-state index contributed by atoms with van der Waals surface area (Å²) in [7, 11) is 0. The van der Waals surface area contributed by atoms with E-state index in [1.807, 2.05) is 6.92 Å². The summed E-state index contributed by atoms with van der Waals surface area (Å²) in [6.45, 7) is 3.40. The highest BCUT2D eigenvalue weighted by atomic mass is 19.1. The topological polar surface area (TPSA) is 59.6 Å². The van der Waals surface area contributed by atoms with Crippen LogP contribution in [0.2, 0.25) is 0 Å². The molecule has 3 rings (SSSR count). The third kappa shape index (κ3) is 4.24. The predicted octanol–water partition coefficient (Wildman–Crippen LogP) is 2.91. The Hall–Kier alpha value is -1.66. The lowest BCUT2D eigenvalue weighted by molar-refractivity contribution is 0.0758. The van der Waals surface area contributed by atoms with Crippen LogP contribution in [0.5, 0.6) is 0 Å². The van der Waals surface area contributed by atoms with E-state index in [1.54, 1.807) is 12.1 Å². The number of halogens is 1. The molecule has 0 unspecified atom stereocenters. The largest absolute Gasteiger partial charge is 0.376 e. The van der Waals surface area contributed by atoms with Crippen LogP contribution in [-0.2, 0) is 9.47 Å². The number of urea groups is 1. The van der Waals surface area contributed by atoms with Crippen LogP contribution >= 0.6 is 0 Å². The maximum absolute atomic E-state index is 13.2. The van der Waals surface area contributed by atoms with Crippen molar-refractivity contribution in [2.24, 2.45) is 0 Å². The van der Waals surface area contributed by atoms with E-state index >= 15 is 0 Å². The van der Waals surface area contributed by atoms with Gasteiger partial charge < -0.3 is 20.1 Å². The molecule has 24 heavy (non-hydrogen) atoms.